The highest BCUT2D eigenvalue weighted by atomic mass is 17.2. The van der Waals surface area contributed by atoms with Crippen LogP contribution in [0.3, 0.4) is 0 Å². The van der Waals surface area contributed by atoms with Crippen molar-refractivity contribution in [1.29, 1.82) is 0 Å². The molecule has 0 fully saturated rings. The molecule has 0 aliphatic rings. The second-order valence-electron chi connectivity index (χ2n) is 5.14. The largest absolute Gasteiger partial charge is 0.468 e. The van der Waals surface area contributed by atoms with E-state index < -0.39 is 48.8 Å². The third-order valence-corrected chi connectivity index (χ3v) is 1.87. The lowest BCUT2D eigenvalue weighted by atomic mass is 10.5. The van der Waals surface area contributed by atoms with Crippen LogP contribution in [-0.4, -0.2) is 48.8 Å². The normalized spacial score (nSPS) is 9.40. The van der Waals surface area contributed by atoms with E-state index in [4.69, 9.17) is 0 Å². The highest BCUT2D eigenvalue weighted by Gasteiger charge is 2.15. The first kappa shape index (κ1) is 25.6. The molecular formula is C12H20N6O12. The van der Waals surface area contributed by atoms with Gasteiger partial charge in [-0.15, -0.1) is 0 Å². The smallest absolute Gasteiger partial charge is 0.446 e. The topological polar surface area (TPSA) is 230 Å². The number of carbonyl (C=O) groups excluding carboxylic acids is 6. The summed E-state index contributed by atoms with van der Waals surface area (Å²) in [6.07, 6.45) is -8.80. The van der Waals surface area contributed by atoms with Crippen LogP contribution < -0.4 is 32.6 Å². The first-order chi connectivity index (χ1) is 14.0. The summed E-state index contributed by atoms with van der Waals surface area (Å²) in [5.74, 6) is 0. The molecule has 0 heterocycles. The summed E-state index contributed by atoms with van der Waals surface area (Å²) in [4.78, 5) is 82.1. The molecule has 0 radical (unpaired) electrons. The fourth-order valence-electron chi connectivity index (χ4n) is 1.03. The van der Waals surface area contributed by atoms with Gasteiger partial charge in [0, 0.05) is 0 Å². The van der Waals surface area contributed by atoms with E-state index in [2.05, 4.69) is 29.0 Å². The molecule has 18 heteroatoms. The number of ether oxygens (including phenoxy) is 2. The van der Waals surface area contributed by atoms with Gasteiger partial charge in [0.15, 0.2) is 0 Å². The molecule has 170 valence electrons. The van der Waals surface area contributed by atoms with Crippen LogP contribution in [0.5, 0.6) is 0 Å². The number of rotatable bonds is 2. The molecule has 0 unspecified atom stereocenters. The van der Waals surface area contributed by atoms with E-state index in [0.29, 0.717) is 0 Å². The monoisotopic (exact) mass is 440 g/mol. The van der Waals surface area contributed by atoms with Crippen molar-refractivity contribution in [2.75, 3.05) is 0 Å². The Morgan fingerprint density at radius 1 is 0.433 bits per heavy atom. The van der Waals surface area contributed by atoms with Crippen LogP contribution in [0.2, 0.25) is 0 Å². The van der Waals surface area contributed by atoms with Gasteiger partial charge in [0.2, 0.25) is 0 Å². The Morgan fingerprint density at radius 2 is 0.633 bits per heavy atom. The van der Waals surface area contributed by atoms with Crippen LogP contribution in [0.15, 0.2) is 0 Å². The average molecular weight is 440 g/mol. The SMILES string of the molecule is CC(C)OC(=O)NNC(=O)OOC(=O)NNC(=O)OOC(=O)NNC(=O)OC(C)C. The minimum Gasteiger partial charge on any atom is -0.446 e. The van der Waals surface area contributed by atoms with Gasteiger partial charge in [-0.25, -0.2) is 80.9 Å². The number of nitrogens with one attached hydrogen (secondary N) is 6. The van der Waals surface area contributed by atoms with E-state index in [-0.39, 0.29) is 0 Å². The van der Waals surface area contributed by atoms with E-state index in [1.807, 2.05) is 0 Å². The molecule has 0 saturated carbocycles. The van der Waals surface area contributed by atoms with Crippen LogP contribution in [0.25, 0.3) is 0 Å². The van der Waals surface area contributed by atoms with Crippen molar-refractivity contribution in [3.05, 3.63) is 0 Å². The van der Waals surface area contributed by atoms with Crippen LogP contribution in [0.4, 0.5) is 28.8 Å². The van der Waals surface area contributed by atoms with Crippen molar-refractivity contribution >= 4 is 36.6 Å². The second kappa shape index (κ2) is 13.7. The third kappa shape index (κ3) is 14.8. The van der Waals surface area contributed by atoms with Gasteiger partial charge < -0.3 is 9.47 Å². The zero-order valence-corrected chi connectivity index (χ0v) is 16.1. The molecule has 6 amide bonds. The summed E-state index contributed by atoms with van der Waals surface area (Å²) in [6.45, 7) is 6.23. The lowest BCUT2D eigenvalue weighted by molar-refractivity contribution is -0.186. The molecule has 0 spiro atoms. The van der Waals surface area contributed by atoms with E-state index in [9.17, 15) is 28.8 Å². The minimum atomic E-state index is -1.52. The Morgan fingerprint density at radius 3 is 0.833 bits per heavy atom. The Kier molecular flexibility index (Phi) is 11.7. The Labute approximate surface area is 167 Å². The molecule has 0 bridgehead atoms. The van der Waals surface area contributed by atoms with Crippen molar-refractivity contribution in [2.24, 2.45) is 0 Å². The van der Waals surface area contributed by atoms with Gasteiger partial charge in [0.05, 0.1) is 12.2 Å². The lowest BCUT2D eigenvalue weighted by Crippen LogP contribution is -2.46. The summed E-state index contributed by atoms with van der Waals surface area (Å²) in [5.41, 5.74) is 9.90. The summed E-state index contributed by atoms with van der Waals surface area (Å²) in [7, 11) is 0. The van der Waals surface area contributed by atoms with Gasteiger partial charge in [-0.05, 0) is 27.7 Å². The number of hydrazine groups is 3. The fraction of sp³-hybridized carbons (Fsp3) is 0.500. The summed E-state index contributed by atoms with van der Waals surface area (Å²) < 4.78 is 9.21. The molecule has 6 N–H and O–H groups in total. The van der Waals surface area contributed by atoms with E-state index in [0.717, 1.165) is 0 Å². The molecular weight excluding hydrogens is 420 g/mol. The van der Waals surface area contributed by atoms with Crippen molar-refractivity contribution < 1.29 is 57.8 Å². The number of amides is 6. The Balaban J connectivity index is 3.89. The highest BCUT2D eigenvalue weighted by Crippen LogP contribution is 1.88. The van der Waals surface area contributed by atoms with Gasteiger partial charge in [-0.3, -0.25) is 0 Å². The number of hydrogen-bond acceptors (Lipinski definition) is 12. The zero-order valence-electron chi connectivity index (χ0n) is 16.1. The van der Waals surface area contributed by atoms with Crippen molar-refractivity contribution in [1.82, 2.24) is 32.6 Å². The lowest BCUT2D eigenvalue weighted by Gasteiger charge is -2.10. The highest BCUT2D eigenvalue weighted by molar-refractivity contribution is 5.76. The molecule has 0 aliphatic heterocycles. The molecule has 0 aromatic rings. The van der Waals surface area contributed by atoms with Crippen molar-refractivity contribution in [3.63, 3.8) is 0 Å². The van der Waals surface area contributed by atoms with Crippen molar-refractivity contribution in [2.45, 2.75) is 39.9 Å². The summed E-state index contributed by atoms with van der Waals surface area (Å²) in [5, 5.41) is 0. The first-order valence-corrected chi connectivity index (χ1v) is 7.81. The molecule has 0 aliphatic carbocycles. The Hall–Kier alpha value is -4.38. The van der Waals surface area contributed by atoms with Gasteiger partial charge in [-0.1, -0.05) is 0 Å². The Bertz CT molecular complexity index is 585. The van der Waals surface area contributed by atoms with Crippen LogP contribution in [-0.2, 0) is 29.0 Å². The van der Waals surface area contributed by atoms with Gasteiger partial charge >= 0.3 is 36.6 Å². The standard InChI is InChI=1S/C12H20N6O12/c1-5(2)25-7(19)13-15-9(21)27-29-11(23)17-18-12(24)30-28-10(22)16-14-8(20)26-6(3)4/h5-6H,1-4H3,(H,13,19)(H,14,20)(H,15,21)(H,16,22)(H,17,23)(H,18,24). The molecule has 0 aromatic carbocycles. The summed E-state index contributed by atoms with van der Waals surface area (Å²) >= 11 is 0. The first-order valence-electron chi connectivity index (χ1n) is 7.81. The van der Waals surface area contributed by atoms with Crippen LogP contribution >= 0.6 is 0 Å². The predicted octanol–water partition coefficient (Wildman–Crippen LogP) is -0.265. The maximum Gasteiger partial charge on any atom is 0.468 e. The third-order valence-electron chi connectivity index (χ3n) is 1.87. The molecule has 0 rings (SSSR count). The maximum absolute atomic E-state index is 11.1. The van der Waals surface area contributed by atoms with Crippen molar-refractivity contribution in [3.8, 4) is 0 Å². The van der Waals surface area contributed by atoms with E-state index in [1.54, 1.807) is 49.4 Å². The number of carbonyl (C=O) groups is 6. The quantitative estimate of drug-likeness (QED) is 0.241. The second-order valence-corrected chi connectivity index (χ2v) is 5.14. The molecule has 0 atom stereocenters. The number of hydrogen-bond donors (Lipinski definition) is 6. The fourth-order valence-corrected chi connectivity index (χ4v) is 1.03. The zero-order chi connectivity index (χ0) is 23.1. The molecule has 18 nitrogen and oxygen atoms in total. The van der Waals surface area contributed by atoms with E-state index in [1.165, 1.54) is 10.9 Å². The van der Waals surface area contributed by atoms with Crippen LogP contribution in [0, 0.1) is 0 Å². The van der Waals surface area contributed by atoms with Gasteiger partial charge in [-0.2, -0.15) is 0 Å². The average Bonchev–Trinajstić information content (AvgIpc) is 2.64. The minimum absolute atomic E-state index is 0.455. The molecule has 0 aromatic heterocycles. The maximum atomic E-state index is 11.1. The van der Waals surface area contributed by atoms with Crippen LogP contribution in [0.1, 0.15) is 27.7 Å². The molecule has 0 saturated heterocycles. The predicted molar refractivity (Wildman–Crippen MR) is 88.0 cm³/mol. The van der Waals surface area contributed by atoms with Gasteiger partial charge in [0.1, 0.15) is 0 Å². The van der Waals surface area contributed by atoms with E-state index >= 15 is 0 Å². The van der Waals surface area contributed by atoms with Gasteiger partial charge in [0.25, 0.3) is 0 Å². The molecule has 30 heavy (non-hydrogen) atoms. The summed E-state index contributed by atoms with van der Waals surface area (Å²) in [6, 6.07) is 0.